The molecule has 11 heteroatoms. The molecule has 0 amide bonds. The van der Waals surface area contributed by atoms with Crippen LogP contribution < -0.4 is 5.43 Å². The Labute approximate surface area is 196 Å². The number of alkyl halides is 7. The average molecular weight is 586 g/mol. The van der Waals surface area contributed by atoms with Gasteiger partial charge in [-0.25, -0.2) is 5.43 Å². The maximum Gasteiger partial charge on any atom is 0.462 e. The molecule has 0 fully saturated rings. The summed E-state index contributed by atoms with van der Waals surface area (Å²) in [5.41, 5.74) is 2.02. The van der Waals surface area contributed by atoms with Crippen LogP contribution in [0.5, 0.6) is 0 Å². The van der Waals surface area contributed by atoms with Gasteiger partial charge in [-0.3, -0.25) is 0 Å². The van der Waals surface area contributed by atoms with Crippen molar-refractivity contribution in [2.75, 3.05) is 0 Å². The van der Waals surface area contributed by atoms with E-state index in [9.17, 15) is 30.7 Å². The van der Waals surface area contributed by atoms with Gasteiger partial charge in [0, 0.05) is 19.8 Å². The topological polar surface area (TPSA) is 24.4 Å². The molecule has 0 saturated carbocycles. The summed E-state index contributed by atoms with van der Waals surface area (Å²) in [6.45, 7) is 0. The number of thioether (sulfide) groups is 1. The lowest BCUT2D eigenvalue weighted by Gasteiger charge is -2.27. The summed E-state index contributed by atoms with van der Waals surface area (Å²) in [6, 6.07) is 12.5. The van der Waals surface area contributed by atoms with Crippen molar-refractivity contribution in [2.45, 2.75) is 28.8 Å². The Morgan fingerprint density at radius 3 is 2.09 bits per heavy atom. The van der Waals surface area contributed by atoms with E-state index in [2.05, 4.69) is 27.7 Å². The molecule has 32 heavy (non-hydrogen) atoms. The first-order valence-electron chi connectivity index (χ1n) is 8.94. The molecule has 0 bridgehead atoms. The van der Waals surface area contributed by atoms with Gasteiger partial charge in [0.15, 0.2) is 0 Å². The molecule has 0 radical (unpaired) electrons. The highest BCUT2D eigenvalue weighted by Gasteiger charge is 2.73. The maximum atomic E-state index is 13.4. The largest absolute Gasteiger partial charge is 0.462 e. The zero-order valence-electron chi connectivity index (χ0n) is 15.9. The summed E-state index contributed by atoms with van der Waals surface area (Å²) in [6.07, 6.45) is -5.64. The number of halogens is 8. The molecule has 0 spiro atoms. The number of hydrogen-bond donors (Lipinski definition) is 1. The molecule has 2 nitrogen and oxygen atoms in total. The highest BCUT2D eigenvalue weighted by molar-refractivity contribution is 14.1. The lowest BCUT2D eigenvalue weighted by atomic mass is 10.1. The number of benzene rings is 3. The average Bonchev–Trinajstić information content (AvgIpc) is 2.73. The minimum Gasteiger partial charge on any atom is -0.242 e. The van der Waals surface area contributed by atoms with Gasteiger partial charge in [0.1, 0.15) is 0 Å². The molecular weight excluding hydrogens is 572 g/mol. The fourth-order valence-corrected chi connectivity index (χ4v) is 4.08. The number of nitrogens with one attached hydrogen (secondary N) is 1. The summed E-state index contributed by atoms with van der Waals surface area (Å²) in [4.78, 5) is 0.887. The molecule has 0 unspecified atom stereocenters. The van der Waals surface area contributed by atoms with Crippen molar-refractivity contribution in [1.82, 2.24) is 5.43 Å². The van der Waals surface area contributed by atoms with E-state index in [-0.39, 0.29) is 5.56 Å². The SMILES string of the molecule is FC(F)(F)C(F)(F)C(F)(F)N/N=C/c1ccc(SCc2ccc(I)cc2)c2ccccc12. The Morgan fingerprint density at radius 1 is 0.844 bits per heavy atom. The molecule has 1 N–H and O–H groups in total. The van der Waals surface area contributed by atoms with Crippen LogP contribution in [0.1, 0.15) is 11.1 Å². The van der Waals surface area contributed by atoms with E-state index in [1.54, 1.807) is 42.1 Å². The van der Waals surface area contributed by atoms with Crippen LogP contribution >= 0.6 is 34.4 Å². The quantitative estimate of drug-likeness (QED) is 0.0777. The van der Waals surface area contributed by atoms with Crippen molar-refractivity contribution in [1.29, 1.82) is 0 Å². The minimum absolute atomic E-state index is 0.276. The zero-order valence-corrected chi connectivity index (χ0v) is 18.9. The zero-order chi connectivity index (χ0) is 23.6. The molecule has 0 aliphatic heterocycles. The Balaban J connectivity index is 1.81. The van der Waals surface area contributed by atoms with Crippen LogP contribution in [0.15, 0.2) is 70.7 Å². The normalized spacial score (nSPS) is 13.1. The fourth-order valence-electron chi connectivity index (χ4n) is 2.71. The summed E-state index contributed by atoms with van der Waals surface area (Å²) in [5, 5.41) is 4.31. The van der Waals surface area contributed by atoms with E-state index >= 15 is 0 Å². The van der Waals surface area contributed by atoms with Gasteiger partial charge in [-0.05, 0) is 57.1 Å². The number of rotatable bonds is 7. The van der Waals surface area contributed by atoms with Crippen molar-refractivity contribution in [3.8, 4) is 0 Å². The van der Waals surface area contributed by atoms with Crippen LogP contribution in [0.4, 0.5) is 30.7 Å². The smallest absolute Gasteiger partial charge is 0.242 e. The first-order chi connectivity index (χ1) is 14.9. The van der Waals surface area contributed by atoms with Crippen LogP contribution in [0.3, 0.4) is 0 Å². The van der Waals surface area contributed by atoms with Crippen molar-refractivity contribution < 1.29 is 30.7 Å². The van der Waals surface area contributed by atoms with Gasteiger partial charge in [0.2, 0.25) is 0 Å². The third kappa shape index (κ3) is 5.30. The summed E-state index contributed by atoms with van der Waals surface area (Å²) < 4.78 is 90.5. The molecule has 0 aliphatic carbocycles. The van der Waals surface area contributed by atoms with Crippen LogP contribution in [-0.2, 0) is 5.75 Å². The fraction of sp³-hybridized carbons (Fsp3) is 0.190. The standard InChI is InChI=1S/C21H14F7IN2S/c22-19(23,20(24,25)26)21(27,28)31-30-11-14-7-10-18(17-4-2-1-3-16(14)17)32-12-13-5-8-15(29)9-6-13/h1-11,31H,12H2/b30-11+. The number of hydrazone groups is 1. The molecule has 3 rings (SSSR count). The maximum absolute atomic E-state index is 13.4. The molecule has 0 aromatic heterocycles. The third-order valence-electron chi connectivity index (χ3n) is 4.38. The van der Waals surface area contributed by atoms with Crippen molar-refractivity contribution in [2.24, 2.45) is 5.10 Å². The lowest BCUT2D eigenvalue weighted by Crippen LogP contribution is -2.58. The Hall–Kier alpha value is -2.02. The second-order valence-corrected chi connectivity index (χ2v) is 8.89. The Morgan fingerprint density at radius 2 is 1.47 bits per heavy atom. The highest BCUT2D eigenvalue weighted by atomic mass is 127. The molecule has 3 aromatic rings. The Kier molecular flexibility index (Phi) is 7.28. The Bertz CT molecular complexity index is 1120. The molecule has 3 aromatic carbocycles. The molecule has 170 valence electrons. The number of nitrogens with zero attached hydrogens (tertiary/aromatic N) is 1. The summed E-state index contributed by atoms with van der Waals surface area (Å²) in [5.74, 6) is -5.61. The second kappa shape index (κ2) is 9.46. The van der Waals surface area contributed by atoms with Gasteiger partial charge in [0.25, 0.3) is 0 Å². The molecular formula is C21H14F7IN2S. The minimum atomic E-state index is -6.43. The van der Waals surface area contributed by atoms with Crippen LogP contribution in [0.2, 0.25) is 0 Å². The van der Waals surface area contributed by atoms with Crippen LogP contribution in [-0.4, -0.2) is 24.4 Å². The second-order valence-electron chi connectivity index (χ2n) is 6.63. The van der Waals surface area contributed by atoms with Gasteiger partial charge in [-0.1, -0.05) is 42.5 Å². The lowest BCUT2D eigenvalue weighted by molar-refractivity contribution is -0.361. The van der Waals surface area contributed by atoms with Gasteiger partial charge < -0.3 is 0 Å². The monoisotopic (exact) mass is 586 g/mol. The predicted molar refractivity (Wildman–Crippen MR) is 119 cm³/mol. The van der Waals surface area contributed by atoms with Gasteiger partial charge in [-0.15, -0.1) is 11.8 Å². The van der Waals surface area contributed by atoms with Gasteiger partial charge in [0.05, 0.1) is 6.21 Å². The summed E-state index contributed by atoms with van der Waals surface area (Å²) >= 11 is 3.75. The molecule has 0 atom stereocenters. The van der Waals surface area contributed by atoms with E-state index in [4.69, 9.17) is 0 Å². The first-order valence-corrected chi connectivity index (χ1v) is 11.0. The van der Waals surface area contributed by atoms with Crippen molar-refractivity contribution in [3.63, 3.8) is 0 Å². The van der Waals surface area contributed by atoms with Crippen LogP contribution in [0, 0.1) is 3.57 Å². The van der Waals surface area contributed by atoms with E-state index in [1.165, 1.54) is 6.07 Å². The number of fused-ring (bicyclic) bond motifs is 1. The van der Waals surface area contributed by atoms with Crippen molar-refractivity contribution in [3.05, 3.63) is 75.4 Å². The van der Waals surface area contributed by atoms with E-state index < -0.39 is 18.1 Å². The first kappa shape index (κ1) is 24.6. The highest BCUT2D eigenvalue weighted by Crippen LogP contribution is 2.45. The van der Waals surface area contributed by atoms with E-state index in [0.717, 1.165) is 25.6 Å². The van der Waals surface area contributed by atoms with E-state index in [0.29, 0.717) is 16.6 Å². The number of hydrogen-bond acceptors (Lipinski definition) is 3. The van der Waals surface area contributed by atoms with Crippen LogP contribution in [0.25, 0.3) is 10.8 Å². The molecule has 0 heterocycles. The van der Waals surface area contributed by atoms with Gasteiger partial charge >= 0.3 is 18.1 Å². The van der Waals surface area contributed by atoms with Gasteiger partial charge in [-0.2, -0.15) is 35.8 Å². The van der Waals surface area contributed by atoms with E-state index in [1.807, 2.05) is 24.3 Å². The molecule has 0 saturated heterocycles. The third-order valence-corrected chi connectivity index (χ3v) is 6.25. The van der Waals surface area contributed by atoms with Crippen molar-refractivity contribution >= 4 is 51.3 Å². The summed E-state index contributed by atoms with van der Waals surface area (Å²) in [7, 11) is 0. The molecule has 0 aliphatic rings. The predicted octanol–water partition coefficient (Wildman–Crippen LogP) is 7.45.